The smallest absolute Gasteiger partial charge is 0.219 e. The number of hydrogen-bond donors (Lipinski definition) is 1. The van der Waals surface area contributed by atoms with Crippen molar-refractivity contribution in [1.82, 2.24) is 9.80 Å². The van der Waals surface area contributed by atoms with Gasteiger partial charge in [-0.3, -0.25) is 9.69 Å². The molecular weight excluding hydrogens is 340 g/mol. The number of halogens is 1. The molecule has 0 saturated carbocycles. The zero-order chi connectivity index (χ0) is 18.0. The van der Waals surface area contributed by atoms with Crippen molar-refractivity contribution in [2.45, 2.75) is 26.5 Å². The molecule has 25 heavy (non-hydrogen) atoms. The molecule has 134 valence electrons. The van der Waals surface area contributed by atoms with Gasteiger partial charge in [0.1, 0.15) is 11.5 Å². The number of aryl methyl sites for hydroxylation is 1. The molecule has 1 atom stereocenters. The zero-order valence-electron chi connectivity index (χ0n) is 14.5. The third-order valence-corrected chi connectivity index (χ3v) is 4.94. The van der Waals surface area contributed by atoms with Crippen LogP contribution in [-0.4, -0.2) is 53.1 Å². The average molecular weight is 363 g/mol. The van der Waals surface area contributed by atoms with Crippen LogP contribution >= 0.6 is 11.6 Å². The highest BCUT2D eigenvalue weighted by Crippen LogP contribution is 2.27. The first kappa shape index (κ1) is 18.0. The van der Waals surface area contributed by atoms with Crippen LogP contribution in [0, 0.1) is 6.92 Å². The predicted octanol–water partition coefficient (Wildman–Crippen LogP) is 2.93. The summed E-state index contributed by atoms with van der Waals surface area (Å²) < 4.78 is 5.96. The molecule has 2 aromatic rings. The number of nitrogens with zero attached hydrogens (tertiary/aromatic N) is 2. The zero-order valence-corrected chi connectivity index (χ0v) is 15.3. The molecule has 0 bridgehead atoms. The quantitative estimate of drug-likeness (QED) is 0.912. The Morgan fingerprint density at radius 2 is 2.08 bits per heavy atom. The van der Waals surface area contributed by atoms with E-state index in [-0.39, 0.29) is 5.91 Å². The van der Waals surface area contributed by atoms with Gasteiger partial charge in [0.05, 0.1) is 12.6 Å². The highest BCUT2D eigenvalue weighted by atomic mass is 35.5. The molecule has 1 aliphatic heterocycles. The lowest BCUT2D eigenvalue weighted by Gasteiger charge is -2.19. The highest BCUT2D eigenvalue weighted by Gasteiger charge is 2.23. The standard InChI is InChI=1S/C19H23ClN2O3/c1-13-3-4-15(9-18(13)20)19-6-5-17(25-19)12-21-7-8-22(14(2)23)11-16(24)10-21/h3-6,9,16,24H,7-8,10-12H2,1-2H3/t16-/m1/s1. The van der Waals surface area contributed by atoms with E-state index in [9.17, 15) is 9.90 Å². The van der Waals surface area contributed by atoms with Crippen molar-refractivity contribution in [3.63, 3.8) is 0 Å². The molecule has 1 N–H and O–H groups in total. The first-order valence-electron chi connectivity index (χ1n) is 8.43. The third kappa shape index (κ3) is 4.42. The number of carbonyl (C=O) groups is 1. The van der Waals surface area contributed by atoms with E-state index in [0.29, 0.717) is 32.7 Å². The van der Waals surface area contributed by atoms with Crippen LogP contribution in [0.5, 0.6) is 0 Å². The maximum Gasteiger partial charge on any atom is 0.219 e. The van der Waals surface area contributed by atoms with E-state index < -0.39 is 6.10 Å². The molecule has 6 heteroatoms. The molecule has 1 saturated heterocycles. The Labute approximate surface area is 152 Å². The van der Waals surface area contributed by atoms with E-state index in [1.807, 2.05) is 37.3 Å². The van der Waals surface area contributed by atoms with E-state index >= 15 is 0 Å². The lowest BCUT2D eigenvalue weighted by molar-refractivity contribution is -0.129. The van der Waals surface area contributed by atoms with Crippen LogP contribution in [0.1, 0.15) is 18.2 Å². The normalized spacial score (nSPS) is 19.0. The summed E-state index contributed by atoms with van der Waals surface area (Å²) in [5, 5.41) is 10.8. The molecular formula is C19H23ClN2O3. The first-order chi connectivity index (χ1) is 11.9. The van der Waals surface area contributed by atoms with E-state index in [1.165, 1.54) is 6.92 Å². The van der Waals surface area contributed by atoms with Gasteiger partial charge in [-0.1, -0.05) is 23.7 Å². The lowest BCUT2D eigenvalue weighted by atomic mass is 10.1. The average Bonchev–Trinajstić information content (AvgIpc) is 2.93. The second-order valence-electron chi connectivity index (χ2n) is 6.58. The van der Waals surface area contributed by atoms with Gasteiger partial charge in [0.2, 0.25) is 5.91 Å². The largest absolute Gasteiger partial charge is 0.460 e. The third-order valence-electron chi connectivity index (χ3n) is 4.53. The number of benzene rings is 1. The van der Waals surface area contributed by atoms with Crippen LogP contribution in [0.15, 0.2) is 34.7 Å². The maximum atomic E-state index is 11.5. The molecule has 0 spiro atoms. The topological polar surface area (TPSA) is 56.9 Å². The van der Waals surface area contributed by atoms with Crippen molar-refractivity contribution in [1.29, 1.82) is 0 Å². The van der Waals surface area contributed by atoms with Crippen LogP contribution in [0.3, 0.4) is 0 Å². The van der Waals surface area contributed by atoms with Gasteiger partial charge < -0.3 is 14.4 Å². The first-order valence-corrected chi connectivity index (χ1v) is 8.81. The number of amides is 1. The second-order valence-corrected chi connectivity index (χ2v) is 6.99. The summed E-state index contributed by atoms with van der Waals surface area (Å²) in [6.45, 7) is 6.34. The molecule has 1 aliphatic rings. The Balaban J connectivity index is 1.68. The van der Waals surface area contributed by atoms with Crippen molar-refractivity contribution in [2.75, 3.05) is 26.2 Å². The van der Waals surface area contributed by atoms with Gasteiger partial charge in [-0.2, -0.15) is 0 Å². The van der Waals surface area contributed by atoms with Crippen LogP contribution < -0.4 is 0 Å². The number of furan rings is 1. The highest BCUT2D eigenvalue weighted by molar-refractivity contribution is 6.31. The van der Waals surface area contributed by atoms with Crippen molar-refractivity contribution in [3.8, 4) is 11.3 Å². The van der Waals surface area contributed by atoms with Crippen LogP contribution in [-0.2, 0) is 11.3 Å². The Hall–Kier alpha value is -1.82. The van der Waals surface area contributed by atoms with Gasteiger partial charge in [0.25, 0.3) is 0 Å². The number of aliphatic hydroxyl groups excluding tert-OH is 1. The molecule has 5 nitrogen and oxygen atoms in total. The van der Waals surface area contributed by atoms with Crippen molar-refractivity contribution >= 4 is 17.5 Å². The Kier molecular flexibility index (Phi) is 5.47. The summed E-state index contributed by atoms with van der Waals surface area (Å²) in [4.78, 5) is 15.3. The minimum Gasteiger partial charge on any atom is -0.460 e. The van der Waals surface area contributed by atoms with E-state index in [4.69, 9.17) is 16.0 Å². The number of hydrogen-bond acceptors (Lipinski definition) is 4. The number of aliphatic hydroxyl groups is 1. The summed E-state index contributed by atoms with van der Waals surface area (Å²) in [7, 11) is 0. The number of rotatable bonds is 3. The summed E-state index contributed by atoms with van der Waals surface area (Å²) in [5.41, 5.74) is 1.98. The van der Waals surface area contributed by atoms with Gasteiger partial charge in [0, 0.05) is 43.7 Å². The van der Waals surface area contributed by atoms with E-state index in [2.05, 4.69) is 4.90 Å². The number of β-amino-alcohol motifs (C(OH)–C–C–N with tert-alkyl or cyclic N) is 1. The van der Waals surface area contributed by atoms with Gasteiger partial charge in [-0.05, 0) is 30.7 Å². The summed E-state index contributed by atoms with van der Waals surface area (Å²) in [6.07, 6.45) is -0.545. The molecule has 2 heterocycles. The predicted molar refractivity (Wildman–Crippen MR) is 97.4 cm³/mol. The molecule has 1 amide bonds. The fourth-order valence-electron chi connectivity index (χ4n) is 3.07. The molecule has 1 aromatic heterocycles. The van der Waals surface area contributed by atoms with Crippen molar-refractivity contribution < 1.29 is 14.3 Å². The van der Waals surface area contributed by atoms with Crippen LogP contribution in [0.2, 0.25) is 5.02 Å². The maximum absolute atomic E-state index is 11.5. The summed E-state index contributed by atoms with van der Waals surface area (Å²) in [6, 6.07) is 9.75. The molecule has 0 aliphatic carbocycles. The Bertz CT molecular complexity index is 759. The van der Waals surface area contributed by atoms with E-state index in [1.54, 1.807) is 4.90 Å². The molecule has 3 rings (SSSR count). The number of carbonyl (C=O) groups excluding carboxylic acids is 1. The van der Waals surface area contributed by atoms with Crippen molar-refractivity contribution in [2.24, 2.45) is 0 Å². The van der Waals surface area contributed by atoms with Gasteiger partial charge in [-0.15, -0.1) is 0 Å². The van der Waals surface area contributed by atoms with Crippen molar-refractivity contribution in [3.05, 3.63) is 46.7 Å². The fourth-order valence-corrected chi connectivity index (χ4v) is 3.25. The van der Waals surface area contributed by atoms with Crippen LogP contribution in [0.25, 0.3) is 11.3 Å². The summed E-state index contributed by atoms with van der Waals surface area (Å²) in [5.74, 6) is 1.60. The summed E-state index contributed by atoms with van der Waals surface area (Å²) >= 11 is 6.19. The molecule has 1 aromatic carbocycles. The van der Waals surface area contributed by atoms with Crippen LogP contribution in [0.4, 0.5) is 0 Å². The lowest BCUT2D eigenvalue weighted by Crippen LogP contribution is -2.36. The minimum absolute atomic E-state index is 0.00238. The molecule has 0 radical (unpaired) electrons. The molecule has 1 fully saturated rings. The minimum atomic E-state index is -0.545. The Morgan fingerprint density at radius 3 is 2.80 bits per heavy atom. The van der Waals surface area contributed by atoms with Gasteiger partial charge >= 0.3 is 0 Å². The van der Waals surface area contributed by atoms with Gasteiger partial charge in [-0.25, -0.2) is 0 Å². The SMILES string of the molecule is CC(=O)N1CCN(Cc2ccc(-c3ccc(C)c(Cl)c3)o2)C[C@@H](O)C1. The monoisotopic (exact) mass is 362 g/mol. The second kappa shape index (κ2) is 7.60. The molecule has 0 unspecified atom stereocenters. The van der Waals surface area contributed by atoms with E-state index in [0.717, 1.165) is 27.7 Å². The van der Waals surface area contributed by atoms with Gasteiger partial charge in [0.15, 0.2) is 0 Å². The Morgan fingerprint density at radius 1 is 1.28 bits per heavy atom. The fraction of sp³-hybridized carbons (Fsp3) is 0.421.